The number of fused-ring (bicyclic) bond motifs is 2. The minimum absolute atomic E-state index is 0.0641. The lowest BCUT2D eigenvalue weighted by Crippen LogP contribution is -2.30. The van der Waals surface area contributed by atoms with Crippen molar-refractivity contribution in [3.63, 3.8) is 0 Å². The normalized spacial score (nSPS) is 13.2. The van der Waals surface area contributed by atoms with E-state index in [2.05, 4.69) is 12.1 Å². The minimum Gasteiger partial charge on any atom is -0.497 e. The van der Waals surface area contributed by atoms with Crippen LogP contribution in [-0.4, -0.2) is 18.0 Å². The Hall–Kier alpha value is -3.12. The number of carbonyl (C=O) groups is 1. The summed E-state index contributed by atoms with van der Waals surface area (Å²) in [5, 5.41) is 0.650. The minimum atomic E-state index is -0.0641. The molecule has 0 bridgehead atoms. The number of nitrogens with zero attached hydrogens (tertiary/aromatic N) is 2. The number of hydrogen-bond acceptors (Lipinski definition) is 5. The van der Waals surface area contributed by atoms with Crippen LogP contribution in [0.3, 0.4) is 0 Å². The molecule has 1 amide bonds. The van der Waals surface area contributed by atoms with Gasteiger partial charge < -0.3 is 9.15 Å². The summed E-state index contributed by atoms with van der Waals surface area (Å²) in [6.07, 6.45) is 6.16. The zero-order valence-corrected chi connectivity index (χ0v) is 17.6. The maximum atomic E-state index is 13.6. The van der Waals surface area contributed by atoms with E-state index >= 15 is 0 Å². The van der Waals surface area contributed by atoms with Crippen LogP contribution in [0.2, 0.25) is 0 Å². The van der Waals surface area contributed by atoms with E-state index in [9.17, 15) is 4.79 Å². The fourth-order valence-electron chi connectivity index (χ4n) is 3.94. The lowest BCUT2D eigenvalue weighted by atomic mass is 9.90. The smallest absolute Gasteiger partial charge is 0.260 e. The Morgan fingerprint density at radius 1 is 1.13 bits per heavy atom. The molecule has 0 saturated carbocycles. The van der Waals surface area contributed by atoms with Crippen molar-refractivity contribution < 1.29 is 13.9 Å². The van der Waals surface area contributed by atoms with Crippen molar-refractivity contribution in [3.8, 4) is 5.75 Å². The van der Waals surface area contributed by atoms with E-state index in [1.807, 2.05) is 36.4 Å². The Morgan fingerprint density at radius 3 is 2.80 bits per heavy atom. The molecule has 0 fully saturated rings. The lowest BCUT2D eigenvalue weighted by Gasteiger charge is -2.21. The van der Waals surface area contributed by atoms with Gasteiger partial charge in [0.15, 0.2) is 5.13 Å². The zero-order chi connectivity index (χ0) is 20.5. The standard InChI is InChI=1S/C24H22N2O3S/c1-28-19-10-11-22-21(14-19)25-24(30-22)26(15-20-7-4-12-29-20)23(27)18-9-8-16-5-2-3-6-17(16)13-18/h4,7-14H,2-3,5-6,15H2,1H3. The second-order valence-electron chi connectivity index (χ2n) is 7.49. The Bertz CT molecular complexity index is 1200. The van der Waals surface area contributed by atoms with Gasteiger partial charge in [-0.2, -0.15) is 0 Å². The number of anilines is 1. The highest BCUT2D eigenvalue weighted by Crippen LogP contribution is 2.33. The number of hydrogen-bond donors (Lipinski definition) is 0. The van der Waals surface area contributed by atoms with Crippen molar-refractivity contribution in [2.75, 3.05) is 12.0 Å². The molecule has 30 heavy (non-hydrogen) atoms. The van der Waals surface area contributed by atoms with E-state index in [0.717, 1.165) is 34.6 Å². The van der Waals surface area contributed by atoms with E-state index in [-0.39, 0.29) is 5.91 Å². The molecule has 6 heteroatoms. The lowest BCUT2D eigenvalue weighted by molar-refractivity contribution is 0.0983. The quantitative estimate of drug-likeness (QED) is 0.422. The van der Waals surface area contributed by atoms with Gasteiger partial charge in [0.25, 0.3) is 5.91 Å². The zero-order valence-electron chi connectivity index (χ0n) is 16.8. The van der Waals surface area contributed by atoms with E-state index in [4.69, 9.17) is 14.1 Å². The average molecular weight is 419 g/mol. The second kappa shape index (κ2) is 7.95. The molecule has 152 valence electrons. The number of amides is 1. The largest absolute Gasteiger partial charge is 0.497 e. The molecule has 2 heterocycles. The fraction of sp³-hybridized carbons (Fsp3) is 0.250. The monoisotopic (exact) mass is 418 g/mol. The first kappa shape index (κ1) is 18.9. The first-order valence-electron chi connectivity index (χ1n) is 10.1. The highest BCUT2D eigenvalue weighted by molar-refractivity contribution is 7.22. The van der Waals surface area contributed by atoms with Crippen LogP contribution in [-0.2, 0) is 19.4 Å². The number of benzene rings is 2. The van der Waals surface area contributed by atoms with Gasteiger partial charge in [-0.25, -0.2) is 4.98 Å². The summed E-state index contributed by atoms with van der Waals surface area (Å²) in [6.45, 7) is 0.333. The van der Waals surface area contributed by atoms with Gasteiger partial charge in [-0.15, -0.1) is 0 Å². The average Bonchev–Trinajstić information content (AvgIpc) is 3.45. The van der Waals surface area contributed by atoms with Crippen LogP contribution in [0.1, 0.15) is 40.1 Å². The highest BCUT2D eigenvalue weighted by atomic mass is 32.1. The van der Waals surface area contributed by atoms with Gasteiger partial charge in [0, 0.05) is 11.6 Å². The number of ether oxygens (including phenoxy) is 1. The summed E-state index contributed by atoms with van der Waals surface area (Å²) in [6, 6.07) is 15.6. The van der Waals surface area contributed by atoms with Gasteiger partial charge in [-0.3, -0.25) is 9.69 Å². The maximum Gasteiger partial charge on any atom is 0.260 e. The molecule has 2 aromatic carbocycles. The Morgan fingerprint density at radius 2 is 2.00 bits per heavy atom. The first-order valence-corrected chi connectivity index (χ1v) is 10.9. The van der Waals surface area contributed by atoms with Crippen LogP contribution in [0.5, 0.6) is 5.75 Å². The van der Waals surface area contributed by atoms with Crippen LogP contribution >= 0.6 is 11.3 Å². The van der Waals surface area contributed by atoms with E-state index in [0.29, 0.717) is 17.2 Å². The molecule has 0 aliphatic heterocycles. The number of aromatic nitrogens is 1. The van der Waals surface area contributed by atoms with Crippen LogP contribution in [0.4, 0.5) is 5.13 Å². The van der Waals surface area contributed by atoms with E-state index < -0.39 is 0 Å². The summed E-state index contributed by atoms with van der Waals surface area (Å²) >= 11 is 1.49. The molecule has 0 saturated heterocycles. The number of thiazole rings is 1. The summed E-state index contributed by atoms with van der Waals surface area (Å²) in [4.78, 5) is 20.0. The number of furan rings is 1. The molecule has 5 nitrogen and oxygen atoms in total. The number of aryl methyl sites for hydroxylation is 2. The van der Waals surface area contributed by atoms with Crippen molar-refractivity contribution in [2.24, 2.45) is 0 Å². The Labute approximate surface area is 178 Å². The predicted molar refractivity (Wildman–Crippen MR) is 118 cm³/mol. The predicted octanol–water partition coefficient (Wildman–Crippen LogP) is 5.62. The molecular weight excluding hydrogens is 396 g/mol. The van der Waals surface area contributed by atoms with Gasteiger partial charge in [0.2, 0.25) is 0 Å². The summed E-state index contributed by atoms with van der Waals surface area (Å²) < 4.78 is 11.9. The van der Waals surface area contributed by atoms with Crippen molar-refractivity contribution >= 4 is 32.6 Å². The van der Waals surface area contributed by atoms with Crippen LogP contribution < -0.4 is 9.64 Å². The molecular formula is C24H22N2O3S. The van der Waals surface area contributed by atoms with Crippen molar-refractivity contribution in [3.05, 3.63) is 77.2 Å². The SMILES string of the molecule is COc1ccc2sc(N(Cc3ccco3)C(=O)c3ccc4c(c3)CCCC4)nc2c1. The first-order chi connectivity index (χ1) is 14.7. The van der Waals surface area contributed by atoms with Crippen LogP contribution in [0, 0.1) is 0 Å². The molecule has 2 aromatic heterocycles. The molecule has 4 aromatic rings. The highest BCUT2D eigenvalue weighted by Gasteiger charge is 2.24. The molecule has 5 rings (SSSR count). The van der Waals surface area contributed by atoms with Crippen molar-refractivity contribution in [2.45, 2.75) is 32.2 Å². The molecule has 0 N–H and O–H groups in total. The Kier molecular flexibility index (Phi) is 5.01. The van der Waals surface area contributed by atoms with Gasteiger partial charge >= 0.3 is 0 Å². The maximum absolute atomic E-state index is 13.6. The molecule has 0 unspecified atom stereocenters. The number of methoxy groups -OCH3 is 1. The molecule has 1 aliphatic carbocycles. The van der Waals surface area contributed by atoms with E-state index in [1.54, 1.807) is 18.3 Å². The van der Waals surface area contributed by atoms with Crippen LogP contribution in [0.15, 0.2) is 59.2 Å². The molecule has 0 radical (unpaired) electrons. The third kappa shape index (κ3) is 3.59. The van der Waals surface area contributed by atoms with Gasteiger partial charge in [-0.1, -0.05) is 17.4 Å². The number of carbonyl (C=O) groups excluding carboxylic acids is 1. The second-order valence-corrected chi connectivity index (χ2v) is 8.50. The van der Waals surface area contributed by atoms with E-state index in [1.165, 1.54) is 35.3 Å². The summed E-state index contributed by atoms with van der Waals surface area (Å²) in [5.41, 5.74) is 4.16. The summed E-state index contributed by atoms with van der Waals surface area (Å²) in [5.74, 6) is 1.40. The third-order valence-corrected chi connectivity index (χ3v) is 6.61. The number of rotatable bonds is 5. The molecule has 0 spiro atoms. The van der Waals surface area contributed by atoms with Crippen molar-refractivity contribution in [1.82, 2.24) is 4.98 Å². The van der Waals surface area contributed by atoms with Crippen LogP contribution in [0.25, 0.3) is 10.2 Å². The van der Waals surface area contributed by atoms with Gasteiger partial charge in [-0.05, 0) is 73.2 Å². The van der Waals surface area contributed by atoms with Gasteiger partial charge in [0.05, 0.1) is 30.1 Å². The van der Waals surface area contributed by atoms with Crippen molar-refractivity contribution in [1.29, 1.82) is 0 Å². The molecule has 0 atom stereocenters. The fourth-order valence-corrected chi connectivity index (χ4v) is 4.89. The third-order valence-electron chi connectivity index (χ3n) is 5.55. The topological polar surface area (TPSA) is 55.6 Å². The summed E-state index contributed by atoms with van der Waals surface area (Å²) in [7, 11) is 1.64. The molecule has 1 aliphatic rings. The Balaban J connectivity index is 1.54. The van der Waals surface area contributed by atoms with Gasteiger partial charge in [0.1, 0.15) is 11.5 Å².